The Morgan fingerprint density at radius 3 is 2.38 bits per heavy atom. The Bertz CT molecular complexity index is 1890. The van der Waals surface area contributed by atoms with Gasteiger partial charge in [0.1, 0.15) is 42.4 Å². The number of ether oxygens (including phenoxy) is 1. The molecule has 3 aliphatic rings. The number of halogens is 6. The molecule has 16 nitrogen and oxygen atoms in total. The molecule has 4 rings (SSSR count). The molecule has 3 saturated heterocycles. The molecule has 1 aromatic carbocycles. The van der Waals surface area contributed by atoms with E-state index in [1.54, 1.807) is 18.2 Å². The van der Waals surface area contributed by atoms with Crippen LogP contribution >= 0.6 is 23.2 Å². The van der Waals surface area contributed by atoms with Gasteiger partial charge in [0.15, 0.2) is 0 Å². The summed E-state index contributed by atoms with van der Waals surface area (Å²) in [6.07, 6.45) is -6.78. The number of carbonyl (C=O) groups is 7. The number of benzene rings is 1. The molecule has 7 amide bonds. The highest BCUT2D eigenvalue weighted by Crippen LogP contribution is 2.35. The van der Waals surface area contributed by atoms with Gasteiger partial charge in [0, 0.05) is 63.8 Å². The van der Waals surface area contributed by atoms with Gasteiger partial charge >= 0.3 is 6.18 Å². The molecule has 0 aliphatic carbocycles. The molecule has 0 unspecified atom stereocenters. The normalized spacial score (nSPS) is 25.7. The molecule has 3 heterocycles. The fourth-order valence-corrected chi connectivity index (χ4v) is 8.65. The van der Waals surface area contributed by atoms with E-state index in [2.05, 4.69) is 16.0 Å². The van der Waals surface area contributed by atoms with Crippen molar-refractivity contribution >= 4 is 64.6 Å². The van der Waals surface area contributed by atoms with Gasteiger partial charge in [-0.1, -0.05) is 37.0 Å². The Morgan fingerprint density at radius 1 is 1.05 bits per heavy atom. The number of nitrogens with one attached hydrogen (secondary N) is 3. The summed E-state index contributed by atoms with van der Waals surface area (Å²) in [5, 5.41) is 18.8. The number of hydrogen-bond acceptors (Lipinski definition) is 9. The second-order valence-corrected chi connectivity index (χ2v) is 18.1. The molecule has 4 N–H and O–H groups in total. The van der Waals surface area contributed by atoms with Gasteiger partial charge in [-0.15, -0.1) is 0 Å². The number of hydrogen-bond donors (Lipinski definition) is 4. The first-order valence-electron chi connectivity index (χ1n) is 21.3. The van der Waals surface area contributed by atoms with Gasteiger partial charge in [-0.25, -0.2) is 4.39 Å². The summed E-state index contributed by atoms with van der Waals surface area (Å²) in [6.45, 7) is 3.20. The van der Waals surface area contributed by atoms with E-state index in [4.69, 9.17) is 27.9 Å². The van der Waals surface area contributed by atoms with E-state index in [1.165, 1.54) is 31.0 Å². The van der Waals surface area contributed by atoms with E-state index in [9.17, 15) is 56.2 Å². The second kappa shape index (κ2) is 22.3. The molecule has 0 saturated carbocycles. The largest absolute Gasteiger partial charge is 0.426 e. The van der Waals surface area contributed by atoms with Crippen molar-refractivity contribution in [3.8, 4) is 0 Å². The minimum absolute atomic E-state index is 0.00178. The first kappa shape index (κ1) is 52.4. The predicted molar refractivity (Wildman–Crippen MR) is 226 cm³/mol. The van der Waals surface area contributed by atoms with Gasteiger partial charge in [0.25, 0.3) is 5.91 Å². The van der Waals surface area contributed by atoms with Crippen LogP contribution < -0.4 is 16.0 Å². The average molecular weight is 953 g/mol. The highest BCUT2D eigenvalue weighted by atomic mass is 35.5. The lowest BCUT2D eigenvalue weighted by molar-refractivity contribution is -0.250. The molecule has 1 aromatic rings. The van der Waals surface area contributed by atoms with Crippen LogP contribution in [0.3, 0.4) is 0 Å². The number of likely N-dealkylation sites (tertiary alicyclic amines) is 1. The molecule has 0 radical (unpaired) electrons. The van der Waals surface area contributed by atoms with Crippen LogP contribution in [0, 0.1) is 5.92 Å². The van der Waals surface area contributed by atoms with Crippen molar-refractivity contribution in [2.75, 3.05) is 47.4 Å². The second-order valence-electron chi connectivity index (χ2n) is 17.3. The van der Waals surface area contributed by atoms with Crippen LogP contribution in [0.15, 0.2) is 18.2 Å². The Kier molecular flexibility index (Phi) is 18.2. The molecule has 3 fully saturated rings. The summed E-state index contributed by atoms with van der Waals surface area (Å²) in [5.41, 5.74) is -3.48. The summed E-state index contributed by atoms with van der Waals surface area (Å²) >= 11 is 12.8. The van der Waals surface area contributed by atoms with Crippen molar-refractivity contribution in [3.63, 3.8) is 0 Å². The molecule has 0 spiro atoms. The number of methoxy groups -OCH3 is 1. The van der Waals surface area contributed by atoms with Crippen molar-refractivity contribution in [3.05, 3.63) is 33.8 Å². The van der Waals surface area contributed by atoms with E-state index in [1.807, 2.05) is 13.8 Å². The molecular formula is C42H59Cl2F4N7O9. The Hall–Kier alpha value is -4.27. The lowest BCUT2D eigenvalue weighted by Gasteiger charge is -2.37. The summed E-state index contributed by atoms with van der Waals surface area (Å²) in [5.74, 6) is -6.47. The first-order valence-corrected chi connectivity index (χ1v) is 22.1. The summed E-state index contributed by atoms with van der Waals surface area (Å²) in [6, 6.07) is -3.17. The molecule has 0 aromatic heterocycles. The first-order chi connectivity index (χ1) is 29.9. The highest BCUT2D eigenvalue weighted by molar-refractivity contribution is 6.33. The number of nitrogens with zero attached hydrogens (tertiary/aromatic N) is 4. The third-order valence-electron chi connectivity index (χ3n) is 12.0. The molecule has 22 heteroatoms. The van der Waals surface area contributed by atoms with Crippen molar-refractivity contribution in [1.29, 1.82) is 0 Å². The van der Waals surface area contributed by atoms with E-state index in [0.717, 1.165) is 4.90 Å². The lowest BCUT2D eigenvalue weighted by atomic mass is 9.98. The van der Waals surface area contributed by atoms with Crippen LogP contribution in [0.25, 0.3) is 0 Å². The SMILES string of the molecule is COCC[C@H](NC(=O)[C@@H]1C[C@@H](F)CN1C(=O)[C@@](C)(O)C(F)(F)F)C(=O)N(C)[C@H]1CCCCNC(=O)[C@H]2CCCN2C(=O)[C@H](Cc2cc(Cl)ccc2Cl)N(C)C(=O)[C@H](CC(C)C)NC1=O. The van der Waals surface area contributed by atoms with Crippen molar-refractivity contribution < 1.29 is 61.0 Å². The third kappa shape index (κ3) is 12.5. The monoisotopic (exact) mass is 951 g/mol. The fraction of sp³-hybridized carbons (Fsp3) is 0.690. The van der Waals surface area contributed by atoms with Crippen LogP contribution in [0.1, 0.15) is 77.7 Å². The van der Waals surface area contributed by atoms with Gasteiger partial charge in [0.05, 0.1) is 6.54 Å². The van der Waals surface area contributed by atoms with Crippen LogP contribution in [0.4, 0.5) is 17.6 Å². The molecule has 0 bridgehead atoms. The number of amides is 7. The maximum atomic E-state index is 14.7. The molecule has 8 atom stereocenters. The van der Waals surface area contributed by atoms with Gasteiger partial charge < -0.3 is 45.4 Å². The van der Waals surface area contributed by atoms with Gasteiger partial charge in [-0.2, -0.15) is 13.2 Å². The van der Waals surface area contributed by atoms with Gasteiger partial charge in [-0.3, -0.25) is 33.6 Å². The predicted octanol–water partition coefficient (Wildman–Crippen LogP) is 2.79. The summed E-state index contributed by atoms with van der Waals surface area (Å²) < 4.78 is 60.6. The van der Waals surface area contributed by atoms with E-state index < -0.39 is 109 Å². The number of alkyl halides is 4. The van der Waals surface area contributed by atoms with Crippen molar-refractivity contribution in [2.24, 2.45) is 5.92 Å². The zero-order valence-electron chi connectivity index (χ0n) is 36.8. The fourth-order valence-electron chi connectivity index (χ4n) is 8.26. The minimum Gasteiger partial charge on any atom is -0.385 e. The quantitative estimate of drug-likeness (QED) is 0.228. The lowest BCUT2D eigenvalue weighted by Crippen LogP contribution is -2.61. The molecule has 358 valence electrons. The molecular weight excluding hydrogens is 893 g/mol. The number of carbonyl (C=O) groups excluding carboxylic acids is 7. The standard InChI is InChI=1S/C42H59Cl2F4N7O9/c1-23(2)18-29-38(60)53(5)33(20-24-19-25(43)12-13-27(24)44)39(61)54-16-9-11-31(54)34(56)49-15-8-7-10-30(35(57)51-29)52(4)37(59)28(14-17-64-6)50-36(58)32-21-26(45)22-55(32)40(62)41(3,63)42(46,47)48/h12-13,19,23,26,28-33,63H,7-11,14-18,20-22H2,1-6H3,(H,49,56)(H,50,58)(H,51,57)/t26-,28+,29+,30+,31-,32+,33+,41-/m1/s1. The summed E-state index contributed by atoms with van der Waals surface area (Å²) in [7, 11) is 4.01. The minimum atomic E-state index is -5.45. The van der Waals surface area contributed by atoms with E-state index in [0.29, 0.717) is 34.9 Å². The van der Waals surface area contributed by atoms with Crippen LogP contribution in [-0.2, 0) is 44.7 Å². The molecule has 3 aliphatic heterocycles. The zero-order valence-corrected chi connectivity index (χ0v) is 38.3. The van der Waals surface area contributed by atoms with Crippen molar-refractivity contribution in [2.45, 2.75) is 133 Å². The maximum absolute atomic E-state index is 14.7. The molecule has 64 heavy (non-hydrogen) atoms. The van der Waals surface area contributed by atoms with Gasteiger partial charge in [0.2, 0.25) is 41.0 Å². The zero-order chi connectivity index (χ0) is 47.8. The Labute approximate surface area is 380 Å². The maximum Gasteiger partial charge on any atom is 0.426 e. The Balaban J connectivity index is 1.67. The smallest absolute Gasteiger partial charge is 0.385 e. The van der Waals surface area contributed by atoms with Crippen LogP contribution in [-0.4, -0.2) is 168 Å². The third-order valence-corrected chi connectivity index (χ3v) is 12.6. The average Bonchev–Trinajstić information content (AvgIpc) is 3.88. The van der Waals surface area contributed by atoms with E-state index >= 15 is 0 Å². The van der Waals surface area contributed by atoms with Crippen LogP contribution in [0.2, 0.25) is 10.0 Å². The summed E-state index contributed by atoms with van der Waals surface area (Å²) in [4.78, 5) is 102. The number of likely N-dealkylation sites (N-methyl/N-ethyl adjacent to an activating group) is 2. The number of aliphatic hydroxyl groups is 1. The van der Waals surface area contributed by atoms with Crippen molar-refractivity contribution in [1.82, 2.24) is 35.6 Å². The number of fused-ring (bicyclic) bond motifs is 1. The number of rotatable bonds is 12. The topological polar surface area (TPSA) is 198 Å². The van der Waals surface area contributed by atoms with Gasteiger partial charge in [-0.05, 0) is 81.5 Å². The van der Waals surface area contributed by atoms with E-state index in [-0.39, 0.29) is 69.5 Å². The Morgan fingerprint density at radius 2 is 1.73 bits per heavy atom. The highest BCUT2D eigenvalue weighted by Gasteiger charge is 2.59. The van der Waals surface area contributed by atoms with Crippen LogP contribution in [0.5, 0.6) is 0 Å².